The number of thiophene rings is 1. The van der Waals surface area contributed by atoms with E-state index in [1.165, 1.54) is 10.4 Å². The van der Waals surface area contributed by atoms with Crippen molar-refractivity contribution in [2.24, 2.45) is 0 Å². The van der Waals surface area contributed by atoms with E-state index in [1.807, 2.05) is 12.1 Å². The Hall–Kier alpha value is -0.550. The van der Waals surface area contributed by atoms with Crippen molar-refractivity contribution in [1.82, 2.24) is 5.32 Å². The van der Waals surface area contributed by atoms with E-state index in [9.17, 15) is 0 Å². The van der Waals surface area contributed by atoms with E-state index in [0.717, 1.165) is 28.8 Å². The molecule has 1 N–H and O–H groups in total. The normalized spacial score (nSPS) is 12.4. The van der Waals surface area contributed by atoms with Crippen LogP contribution in [0.5, 0.6) is 5.75 Å². The van der Waals surface area contributed by atoms with Crippen LogP contribution in [0, 0.1) is 6.92 Å². The van der Waals surface area contributed by atoms with Crippen LogP contribution in [0.1, 0.15) is 35.4 Å². The summed E-state index contributed by atoms with van der Waals surface area (Å²) in [5.74, 6) is 0.834. The van der Waals surface area contributed by atoms with Gasteiger partial charge >= 0.3 is 0 Å². The summed E-state index contributed by atoms with van der Waals surface area (Å²) in [6.07, 6.45) is 1.07. The van der Waals surface area contributed by atoms with Gasteiger partial charge in [0.2, 0.25) is 0 Å². The summed E-state index contributed by atoms with van der Waals surface area (Å²) in [4.78, 5) is 1.30. The highest BCUT2D eigenvalue weighted by Crippen LogP contribution is 2.40. The van der Waals surface area contributed by atoms with Crippen LogP contribution in [-0.2, 0) is 0 Å². The summed E-state index contributed by atoms with van der Waals surface area (Å²) in [6.45, 7) is 5.24. The minimum absolute atomic E-state index is 0.0925. The van der Waals surface area contributed by atoms with Crippen LogP contribution < -0.4 is 10.1 Å². The molecule has 0 fully saturated rings. The molecule has 0 aliphatic heterocycles. The van der Waals surface area contributed by atoms with Crippen molar-refractivity contribution in [3.8, 4) is 5.75 Å². The van der Waals surface area contributed by atoms with E-state index in [0.29, 0.717) is 5.02 Å². The Morgan fingerprint density at radius 3 is 2.76 bits per heavy atom. The molecule has 5 heteroatoms. The molecular formula is C16H19BrClNOS. The number of methoxy groups -OCH3 is 1. The Bertz CT molecular complexity index is 614. The number of rotatable bonds is 6. The van der Waals surface area contributed by atoms with Crippen LogP contribution in [0.15, 0.2) is 28.1 Å². The summed E-state index contributed by atoms with van der Waals surface area (Å²) in [7, 11) is 1.69. The summed E-state index contributed by atoms with van der Waals surface area (Å²) < 4.78 is 6.47. The van der Waals surface area contributed by atoms with Crippen molar-refractivity contribution in [2.75, 3.05) is 13.7 Å². The van der Waals surface area contributed by atoms with Gasteiger partial charge in [-0.15, -0.1) is 11.3 Å². The second-order valence-electron chi connectivity index (χ2n) is 4.87. The molecule has 0 aliphatic rings. The minimum Gasteiger partial charge on any atom is -0.495 e. The second-order valence-corrected chi connectivity index (χ2v) is 7.10. The van der Waals surface area contributed by atoms with Crippen molar-refractivity contribution in [2.45, 2.75) is 26.3 Å². The van der Waals surface area contributed by atoms with Crippen LogP contribution in [0.3, 0.4) is 0 Å². The van der Waals surface area contributed by atoms with Crippen LogP contribution in [0.25, 0.3) is 0 Å². The monoisotopic (exact) mass is 387 g/mol. The molecule has 2 nitrogen and oxygen atoms in total. The summed E-state index contributed by atoms with van der Waals surface area (Å²) in [5, 5.41) is 6.44. The van der Waals surface area contributed by atoms with Crippen LogP contribution >= 0.6 is 38.9 Å². The molecule has 0 amide bonds. The number of hydrogen-bond acceptors (Lipinski definition) is 3. The Morgan fingerprint density at radius 1 is 1.43 bits per heavy atom. The van der Waals surface area contributed by atoms with Crippen molar-refractivity contribution in [3.63, 3.8) is 0 Å². The Kier molecular flexibility index (Phi) is 6.11. The summed E-state index contributed by atoms with van der Waals surface area (Å²) in [5.41, 5.74) is 2.35. The van der Waals surface area contributed by atoms with Crippen molar-refractivity contribution in [1.29, 1.82) is 0 Å². The second kappa shape index (κ2) is 7.63. The van der Waals surface area contributed by atoms with E-state index in [1.54, 1.807) is 18.4 Å². The van der Waals surface area contributed by atoms with Gasteiger partial charge in [0.15, 0.2) is 0 Å². The fourth-order valence-electron chi connectivity index (χ4n) is 2.32. The van der Waals surface area contributed by atoms with E-state index >= 15 is 0 Å². The quantitative estimate of drug-likeness (QED) is 0.698. The molecule has 1 atom stereocenters. The van der Waals surface area contributed by atoms with Crippen LogP contribution in [0.4, 0.5) is 0 Å². The molecule has 1 aromatic heterocycles. The lowest BCUT2D eigenvalue weighted by atomic mass is 10.0. The standard InChI is InChI=1S/C16H19BrClNOS/c1-4-6-19-14(16-10(2)5-7-21-16)12-8-11(18)9-13(17)15(12)20-3/h5,7-9,14,19H,4,6H2,1-3H3. The molecule has 0 bridgehead atoms. The zero-order valence-electron chi connectivity index (χ0n) is 12.4. The third-order valence-electron chi connectivity index (χ3n) is 3.31. The Balaban J connectivity index is 2.53. The first kappa shape index (κ1) is 16.8. The molecule has 0 aliphatic carbocycles. The summed E-state index contributed by atoms with van der Waals surface area (Å²) >= 11 is 11.5. The highest BCUT2D eigenvalue weighted by molar-refractivity contribution is 9.10. The van der Waals surface area contributed by atoms with Gasteiger partial charge in [-0.05, 0) is 65.0 Å². The molecule has 0 spiro atoms. The van der Waals surface area contributed by atoms with Gasteiger partial charge in [-0.1, -0.05) is 18.5 Å². The number of ether oxygens (including phenoxy) is 1. The number of halogens is 2. The molecule has 1 heterocycles. The molecule has 0 saturated heterocycles. The lowest BCUT2D eigenvalue weighted by Crippen LogP contribution is -2.23. The molecule has 0 saturated carbocycles. The Labute approximate surface area is 143 Å². The first-order valence-corrected chi connectivity index (χ1v) is 8.93. The molecule has 114 valence electrons. The maximum Gasteiger partial charge on any atom is 0.138 e. The van der Waals surface area contributed by atoms with Gasteiger partial charge in [-0.25, -0.2) is 0 Å². The SMILES string of the molecule is CCCNC(c1cc(Cl)cc(Br)c1OC)c1sccc1C. The first-order chi connectivity index (χ1) is 10.1. The molecule has 1 aromatic carbocycles. The topological polar surface area (TPSA) is 21.3 Å². The minimum atomic E-state index is 0.0925. The van der Waals surface area contributed by atoms with Gasteiger partial charge in [0.05, 0.1) is 17.6 Å². The van der Waals surface area contributed by atoms with Crippen molar-refractivity contribution < 1.29 is 4.74 Å². The van der Waals surface area contributed by atoms with Crippen molar-refractivity contribution in [3.05, 3.63) is 49.1 Å². The highest BCUT2D eigenvalue weighted by atomic mass is 79.9. The predicted octanol–water partition coefficient (Wildman–Crippen LogP) is 5.57. The Morgan fingerprint density at radius 2 is 2.19 bits per heavy atom. The molecular weight excluding hydrogens is 370 g/mol. The molecule has 2 rings (SSSR count). The first-order valence-electron chi connectivity index (χ1n) is 6.88. The summed E-state index contributed by atoms with van der Waals surface area (Å²) in [6, 6.07) is 6.08. The maximum absolute atomic E-state index is 6.25. The largest absolute Gasteiger partial charge is 0.495 e. The maximum atomic E-state index is 6.25. The van der Waals surface area contributed by atoms with Crippen LogP contribution in [-0.4, -0.2) is 13.7 Å². The van der Waals surface area contributed by atoms with Gasteiger partial charge in [0.1, 0.15) is 5.75 Å². The van der Waals surface area contributed by atoms with Gasteiger partial charge in [0, 0.05) is 15.5 Å². The number of benzene rings is 1. The number of nitrogens with one attached hydrogen (secondary N) is 1. The molecule has 21 heavy (non-hydrogen) atoms. The zero-order chi connectivity index (χ0) is 15.4. The third kappa shape index (κ3) is 3.81. The van der Waals surface area contributed by atoms with Gasteiger partial charge in [-0.3, -0.25) is 0 Å². The molecule has 1 unspecified atom stereocenters. The van der Waals surface area contributed by atoms with E-state index < -0.39 is 0 Å². The van der Waals surface area contributed by atoms with E-state index in [-0.39, 0.29) is 6.04 Å². The zero-order valence-corrected chi connectivity index (χ0v) is 15.5. The van der Waals surface area contributed by atoms with Gasteiger partial charge in [0.25, 0.3) is 0 Å². The van der Waals surface area contributed by atoms with E-state index in [4.69, 9.17) is 16.3 Å². The van der Waals surface area contributed by atoms with Crippen LogP contribution in [0.2, 0.25) is 5.02 Å². The average molecular weight is 389 g/mol. The third-order valence-corrected chi connectivity index (χ3v) is 5.21. The lowest BCUT2D eigenvalue weighted by molar-refractivity contribution is 0.401. The predicted molar refractivity (Wildman–Crippen MR) is 94.9 cm³/mol. The smallest absolute Gasteiger partial charge is 0.138 e. The average Bonchev–Trinajstić information content (AvgIpc) is 2.85. The fourth-order valence-corrected chi connectivity index (χ4v) is 4.34. The fraction of sp³-hybridized carbons (Fsp3) is 0.375. The van der Waals surface area contributed by atoms with E-state index in [2.05, 4.69) is 46.5 Å². The number of hydrogen-bond donors (Lipinski definition) is 1. The lowest BCUT2D eigenvalue weighted by Gasteiger charge is -2.22. The van der Waals surface area contributed by atoms with Crippen molar-refractivity contribution >= 4 is 38.9 Å². The number of aryl methyl sites for hydroxylation is 1. The molecule has 0 radical (unpaired) electrons. The highest BCUT2D eigenvalue weighted by Gasteiger charge is 2.22. The van der Waals surface area contributed by atoms with Gasteiger partial charge < -0.3 is 10.1 Å². The molecule has 2 aromatic rings. The van der Waals surface area contributed by atoms with Gasteiger partial charge in [-0.2, -0.15) is 0 Å².